The van der Waals surface area contributed by atoms with Gasteiger partial charge in [0.05, 0.1) is 6.10 Å². The summed E-state index contributed by atoms with van der Waals surface area (Å²) in [7, 11) is -1.86. The number of aromatic nitrogens is 1. The minimum Gasteiger partial charge on any atom is -0.416 e. The molecular formula is C23H33NO2Si. The monoisotopic (exact) mass is 383 g/mol. The Morgan fingerprint density at radius 3 is 2.30 bits per heavy atom. The van der Waals surface area contributed by atoms with Crippen molar-refractivity contribution in [2.45, 2.75) is 57.3 Å². The summed E-state index contributed by atoms with van der Waals surface area (Å²) in [5.74, 6) is 0.0617. The Balaban J connectivity index is 2.16. The summed E-state index contributed by atoms with van der Waals surface area (Å²) < 4.78 is 6.50. The zero-order valence-electron chi connectivity index (χ0n) is 17.3. The van der Waals surface area contributed by atoms with Gasteiger partial charge in [-0.15, -0.1) is 0 Å². The topological polar surface area (TPSA) is 42.4 Å². The van der Waals surface area contributed by atoms with E-state index in [9.17, 15) is 5.11 Å². The first-order valence-corrected chi connectivity index (χ1v) is 12.5. The number of pyridine rings is 1. The van der Waals surface area contributed by atoms with Crippen LogP contribution in [0.2, 0.25) is 18.1 Å². The van der Waals surface area contributed by atoms with Crippen LogP contribution in [0.3, 0.4) is 0 Å². The Morgan fingerprint density at radius 1 is 1.11 bits per heavy atom. The molecule has 0 aliphatic heterocycles. The molecule has 0 bridgehead atoms. The van der Waals surface area contributed by atoms with Crippen LogP contribution < -0.4 is 0 Å². The molecule has 0 saturated carbocycles. The summed E-state index contributed by atoms with van der Waals surface area (Å²) in [5.41, 5.74) is 2.98. The fourth-order valence-electron chi connectivity index (χ4n) is 2.72. The van der Waals surface area contributed by atoms with Gasteiger partial charge in [0.15, 0.2) is 8.32 Å². The molecule has 0 unspecified atom stereocenters. The molecule has 0 aliphatic rings. The van der Waals surface area contributed by atoms with Crippen molar-refractivity contribution in [3.8, 4) is 0 Å². The van der Waals surface area contributed by atoms with Crippen LogP contribution in [0.15, 0.2) is 67.0 Å². The molecule has 1 aromatic heterocycles. The van der Waals surface area contributed by atoms with Crippen LogP contribution in [0.5, 0.6) is 0 Å². The molecule has 146 valence electrons. The Morgan fingerprint density at radius 2 is 1.74 bits per heavy atom. The van der Waals surface area contributed by atoms with E-state index in [-0.39, 0.29) is 11.0 Å². The maximum Gasteiger partial charge on any atom is 0.192 e. The SMILES string of the molecule is C=C(C[C@H](O)c1cccnc1)[C@@H](CO[Si](C)(C)C(C)(C)C)c1ccccc1. The van der Waals surface area contributed by atoms with Crippen molar-refractivity contribution in [3.63, 3.8) is 0 Å². The number of rotatable bonds is 8. The highest BCUT2D eigenvalue weighted by Crippen LogP contribution is 2.38. The van der Waals surface area contributed by atoms with E-state index in [0.29, 0.717) is 13.0 Å². The van der Waals surface area contributed by atoms with E-state index < -0.39 is 14.4 Å². The van der Waals surface area contributed by atoms with Crippen LogP contribution in [0.4, 0.5) is 0 Å². The third kappa shape index (κ3) is 5.86. The zero-order chi connectivity index (χ0) is 20.1. The number of aliphatic hydroxyl groups excluding tert-OH is 1. The largest absolute Gasteiger partial charge is 0.416 e. The fourth-order valence-corrected chi connectivity index (χ4v) is 3.74. The van der Waals surface area contributed by atoms with Crippen LogP contribution in [0.1, 0.15) is 50.3 Å². The first kappa shape index (κ1) is 21.5. The number of hydrogen-bond acceptors (Lipinski definition) is 3. The molecule has 0 saturated heterocycles. The van der Waals surface area contributed by atoms with E-state index in [1.54, 1.807) is 12.4 Å². The van der Waals surface area contributed by atoms with Crippen LogP contribution in [0.25, 0.3) is 0 Å². The van der Waals surface area contributed by atoms with Gasteiger partial charge in [-0.3, -0.25) is 4.98 Å². The predicted molar refractivity (Wildman–Crippen MR) is 115 cm³/mol. The second-order valence-corrected chi connectivity index (χ2v) is 13.5. The highest BCUT2D eigenvalue weighted by Gasteiger charge is 2.38. The second kappa shape index (κ2) is 8.96. The van der Waals surface area contributed by atoms with Gasteiger partial charge < -0.3 is 9.53 Å². The van der Waals surface area contributed by atoms with E-state index in [1.807, 2.05) is 30.3 Å². The van der Waals surface area contributed by atoms with Gasteiger partial charge in [-0.2, -0.15) is 0 Å². The van der Waals surface area contributed by atoms with Crippen molar-refractivity contribution < 1.29 is 9.53 Å². The molecular weight excluding hydrogens is 350 g/mol. The summed E-state index contributed by atoms with van der Waals surface area (Å²) in [5, 5.41) is 10.8. The van der Waals surface area contributed by atoms with Crippen LogP contribution in [-0.4, -0.2) is 25.0 Å². The van der Waals surface area contributed by atoms with Crippen LogP contribution in [0, 0.1) is 0 Å². The highest BCUT2D eigenvalue weighted by molar-refractivity contribution is 6.74. The van der Waals surface area contributed by atoms with Crippen LogP contribution in [-0.2, 0) is 4.43 Å². The number of nitrogens with zero attached hydrogens (tertiary/aromatic N) is 1. The maximum atomic E-state index is 10.6. The molecule has 0 spiro atoms. The normalized spacial score (nSPS) is 14.6. The van der Waals surface area contributed by atoms with Gasteiger partial charge in [-0.1, -0.05) is 69.3 Å². The van der Waals surface area contributed by atoms with Crippen molar-refractivity contribution in [1.82, 2.24) is 4.98 Å². The van der Waals surface area contributed by atoms with Crippen molar-refractivity contribution >= 4 is 8.32 Å². The minimum absolute atomic E-state index is 0.0617. The molecule has 4 heteroatoms. The molecule has 0 fully saturated rings. The number of hydrogen-bond donors (Lipinski definition) is 1. The molecule has 1 aromatic carbocycles. The average molecular weight is 384 g/mol. The highest BCUT2D eigenvalue weighted by atomic mass is 28.4. The average Bonchev–Trinajstić information content (AvgIpc) is 2.62. The Kier molecular flexibility index (Phi) is 7.15. The third-order valence-corrected chi connectivity index (χ3v) is 10.1. The minimum atomic E-state index is -1.86. The molecule has 3 nitrogen and oxygen atoms in total. The molecule has 27 heavy (non-hydrogen) atoms. The molecule has 2 atom stereocenters. The summed E-state index contributed by atoms with van der Waals surface area (Å²) in [6.07, 6.45) is 3.31. The molecule has 0 amide bonds. The van der Waals surface area contributed by atoms with Crippen LogP contribution >= 0.6 is 0 Å². The molecule has 0 aliphatic carbocycles. The third-order valence-electron chi connectivity index (χ3n) is 5.64. The van der Waals surface area contributed by atoms with Gasteiger partial charge in [-0.05, 0) is 41.7 Å². The zero-order valence-corrected chi connectivity index (χ0v) is 18.3. The van der Waals surface area contributed by atoms with Crippen molar-refractivity contribution in [2.24, 2.45) is 0 Å². The summed E-state index contributed by atoms with van der Waals surface area (Å²) in [4.78, 5) is 4.10. The molecule has 0 radical (unpaired) electrons. The Labute approximate surface area is 165 Å². The van der Waals surface area contributed by atoms with Gasteiger partial charge in [0.25, 0.3) is 0 Å². The Bertz CT molecular complexity index is 723. The van der Waals surface area contributed by atoms with E-state index in [2.05, 4.69) is 57.6 Å². The summed E-state index contributed by atoms with van der Waals surface area (Å²) in [6.45, 7) is 16.2. The molecule has 2 aromatic rings. The van der Waals surface area contributed by atoms with Gasteiger partial charge in [0, 0.05) is 24.9 Å². The van der Waals surface area contributed by atoms with Gasteiger partial charge in [0.2, 0.25) is 0 Å². The smallest absolute Gasteiger partial charge is 0.192 e. The van der Waals surface area contributed by atoms with Gasteiger partial charge in [0.1, 0.15) is 0 Å². The number of benzene rings is 1. The standard InChI is InChI=1S/C23H33NO2Si/c1-18(15-22(25)20-13-10-14-24-16-20)21(19-11-8-7-9-12-19)17-26-27(5,6)23(2,3)4/h7-14,16,21-22,25H,1,15,17H2,2-6H3/t21-,22+/m1/s1. The van der Waals surface area contributed by atoms with Crippen molar-refractivity contribution in [3.05, 3.63) is 78.1 Å². The van der Waals surface area contributed by atoms with E-state index in [4.69, 9.17) is 4.43 Å². The lowest BCUT2D eigenvalue weighted by atomic mass is 9.88. The maximum absolute atomic E-state index is 10.6. The van der Waals surface area contributed by atoms with E-state index >= 15 is 0 Å². The predicted octanol–water partition coefficient (Wildman–Crippen LogP) is 5.87. The number of aliphatic hydroxyl groups is 1. The first-order valence-electron chi connectivity index (χ1n) is 9.56. The fraction of sp³-hybridized carbons (Fsp3) is 0.435. The van der Waals surface area contributed by atoms with Gasteiger partial charge in [-0.25, -0.2) is 0 Å². The summed E-state index contributed by atoms with van der Waals surface area (Å²) >= 11 is 0. The lowest BCUT2D eigenvalue weighted by molar-refractivity contribution is 0.173. The lowest BCUT2D eigenvalue weighted by Crippen LogP contribution is -2.41. The Hall–Kier alpha value is -1.75. The second-order valence-electron chi connectivity index (χ2n) is 8.70. The summed E-state index contributed by atoms with van der Waals surface area (Å²) in [6, 6.07) is 14.1. The first-order chi connectivity index (χ1) is 12.6. The van der Waals surface area contributed by atoms with Crippen molar-refractivity contribution in [2.75, 3.05) is 6.61 Å². The molecule has 1 N–H and O–H groups in total. The van der Waals surface area contributed by atoms with Gasteiger partial charge >= 0.3 is 0 Å². The van der Waals surface area contributed by atoms with E-state index in [0.717, 1.165) is 11.1 Å². The molecule has 2 rings (SSSR count). The lowest BCUT2D eigenvalue weighted by Gasteiger charge is -2.37. The van der Waals surface area contributed by atoms with Crippen molar-refractivity contribution in [1.29, 1.82) is 0 Å². The quantitative estimate of drug-likeness (QED) is 0.458. The van der Waals surface area contributed by atoms with E-state index in [1.165, 1.54) is 5.56 Å². The molecule has 1 heterocycles.